The molecule has 0 saturated carbocycles. The van der Waals surface area contributed by atoms with Crippen molar-refractivity contribution >= 4 is 34.4 Å². The van der Waals surface area contributed by atoms with Gasteiger partial charge in [0.15, 0.2) is 17.5 Å². The second kappa shape index (κ2) is 9.58. The lowest BCUT2D eigenvalue weighted by atomic mass is 10.1. The molecule has 3 aromatic heterocycles. The van der Waals surface area contributed by atoms with Crippen LogP contribution >= 0.6 is 11.6 Å². The highest BCUT2D eigenvalue weighted by atomic mass is 35.5. The summed E-state index contributed by atoms with van der Waals surface area (Å²) in [5.74, 6) is -2.34. The van der Waals surface area contributed by atoms with Gasteiger partial charge in [0, 0.05) is 23.3 Å². The monoisotopic (exact) mass is 483 g/mol. The predicted molar refractivity (Wildman–Crippen MR) is 113 cm³/mol. The molecule has 33 heavy (non-hydrogen) atoms. The third kappa shape index (κ3) is 5.31. The highest BCUT2D eigenvalue weighted by Crippen LogP contribution is 2.30. The van der Waals surface area contributed by atoms with E-state index in [0.717, 1.165) is 11.1 Å². The molecule has 3 rings (SSSR count). The number of nitrogens with one attached hydrogen (secondary N) is 2. The molecular weight excluding hydrogens is 466 g/mol. The van der Waals surface area contributed by atoms with E-state index in [1.54, 1.807) is 18.3 Å². The minimum absolute atomic E-state index is 0.0439. The molecule has 0 spiro atoms. The van der Waals surface area contributed by atoms with Gasteiger partial charge in [-0.25, -0.2) is 19.3 Å². The number of hydrogen-bond donors (Lipinski definition) is 2. The number of hydrogen-bond acceptors (Lipinski definition) is 6. The first-order valence-electron chi connectivity index (χ1n) is 9.73. The zero-order valence-corrected chi connectivity index (χ0v) is 18.2. The largest absolute Gasteiger partial charge is 0.405 e. The second-order valence-electron chi connectivity index (χ2n) is 7.09. The van der Waals surface area contributed by atoms with Gasteiger partial charge < -0.3 is 15.2 Å². The molecule has 0 aromatic carbocycles. The van der Waals surface area contributed by atoms with Crippen molar-refractivity contribution in [3.63, 3.8) is 0 Å². The number of carbonyl (C=O) groups excluding carboxylic acids is 1. The summed E-state index contributed by atoms with van der Waals surface area (Å²) < 4.78 is 52.5. The number of H-pyrrole nitrogens is 1. The molecule has 0 fully saturated rings. The molecule has 0 unspecified atom stereocenters. The molecule has 174 valence electrons. The van der Waals surface area contributed by atoms with E-state index < -0.39 is 42.3 Å². The number of aromatic amines is 1. The number of anilines is 1. The quantitative estimate of drug-likeness (QED) is 0.492. The highest BCUT2D eigenvalue weighted by molar-refractivity contribution is 6.31. The third-order valence-corrected chi connectivity index (χ3v) is 5.05. The molecule has 2 atom stereocenters. The first-order chi connectivity index (χ1) is 15.6. The van der Waals surface area contributed by atoms with Gasteiger partial charge in [0.1, 0.15) is 24.3 Å². The van der Waals surface area contributed by atoms with Gasteiger partial charge >= 0.3 is 6.18 Å². The van der Waals surface area contributed by atoms with Crippen molar-refractivity contribution in [1.82, 2.24) is 25.3 Å². The Balaban J connectivity index is 2.06. The Morgan fingerprint density at radius 2 is 2.09 bits per heavy atom. The van der Waals surface area contributed by atoms with Crippen LogP contribution in [0.1, 0.15) is 20.3 Å². The second-order valence-corrected chi connectivity index (χ2v) is 7.52. The molecular formula is C20H18ClF4N7O. The number of rotatable bonds is 7. The van der Waals surface area contributed by atoms with E-state index in [4.69, 9.17) is 11.6 Å². The van der Waals surface area contributed by atoms with E-state index in [0.29, 0.717) is 21.6 Å². The first-order valence-corrected chi connectivity index (χ1v) is 10.1. The molecule has 0 saturated heterocycles. The lowest BCUT2D eigenvalue weighted by Crippen LogP contribution is -2.51. The molecule has 8 nitrogen and oxygen atoms in total. The molecule has 2 N–H and O–H groups in total. The van der Waals surface area contributed by atoms with Gasteiger partial charge in [-0.1, -0.05) is 18.5 Å². The van der Waals surface area contributed by atoms with Crippen molar-refractivity contribution < 1.29 is 22.4 Å². The summed E-state index contributed by atoms with van der Waals surface area (Å²) in [7, 11) is 0. The fourth-order valence-electron chi connectivity index (χ4n) is 3.24. The molecule has 3 aromatic rings. The van der Waals surface area contributed by atoms with Crippen LogP contribution in [0.2, 0.25) is 5.02 Å². The molecule has 0 bridgehead atoms. The zero-order chi connectivity index (χ0) is 24.3. The number of alkyl halides is 3. The van der Waals surface area contributed by atoms with E-state index in [-0.39, 0.29) is 12.2 Å². The molecule has 0 radical (unpaired) electrons. The zero-order valence-electron chi connectivity index (χ0n) is 17.4. The van der Waals surface area contributed by atoms with E-state index >= 15 is 0 Å². The van der Waals surface area contributed by atoms with Crippen molar-refractivity contribution in [3.05, 3.63) is 35.5 Å². The summed E-state index contributed by atoms with van der Waals surface area (Å²) in [6.07, 6.45) is -0.637. The van der Waals surface area contributed by atoms with Crippen molar-refractivity contribution in [1.29, 1.82) is 5.26 Å². The topological polar surface area (TPSA) is 111 Å². The van der Waals surface area contributed by atoms with Crippen LogP contribution in [0, 0.1) is 17.1 Å². The van der Waals surface area contributed by atoms with Gasteiger partial charge in [-0.3, -0.25) is 4.79 Å². The molecule has 3 heterocycles. The van der Waals surface area contributed by atoms with Crippen LogP contribution < -0.4 is 10.2 Å². The average molecular weight is 484 g/mol. The minimum Gasteiger partial charge on any atom is -0.345 e. The molecule has 13 heteroatoms. The lowest BCUT2D eigenvalue weighted by molar-refractivity contribution is -0.139. The van der Waals surface area contributed by atoms with Gasteiger partial charge in [0.2, 0.25) is 5.91 Å². The van der Waals surface area contributed by atoms with Crippen LogP contribution in [0.5, 0.6) is 0 Å². The standard InChI is InChI=1S/C20H18ClF4N7O/c1-3-12(5-26)32(10(2)19(33)30-9-20(23,24)25)18-15(22)8-29-17(31-18)14-7-28-16-13(14)4-11(21)6-27-16/h4,6-8,10,12H,3,9H2,1-2H3,(H,27,28)(H,30,33)/t10-,12+/m1/s1. The number of nitriles is 1. The number of carbonyl (C=O) groups is 1. The smallest absolute Gasteiger partial charge is 0.345 e. The van der Waals surface area contributed by atoms with Crippen molar-refractivity contribution in [2.45, 2.75) is 38.5 Å². The molecule has 1 amide bonds. The molecule has 0 aliphatic heterocycles. The Kier molecular flexibility index (Phi) is 7.02. The maximum absolute atomic E-state index is 14.8. The summed E-state index contributed by atoms with van der Waals surface area (Å²) in [6.45, 7) is 1.32. The predicted octanol–water partition coefficient (Wildman–Crippen LogP) is 3.99. The Hall–Kier alpha value is -3.46. The van der Waals surface area contributed by atoms with E-state index in [1.165, 1.54) is 19.3 Å². The number of halogens is 5. The van der Waals surface area contributed by atoms with Crippen molar-refractivity contribution in [3.8, 4) is 17.5 Å². The Morgan fingerprint density at radius 1 is 1.36 bits per heavy atom. The van der Waals surface area contributed by atoms with Gasteiger partial charge in [-0.2, -0.15) is 18.4 Å². The summed E-state index contributed by atoms with van der Waals surface area (Å²) in [4.78, 5) is 28.7. The summed E-state index contributed by atoms with van der Waals surface area (Å²) in [5, 5.41) is 12.2. The van der Waals surface area contributed by atoms with Crippen molar-refractivity contribution in [2.75, 3.05) is 11.4 Å². The van der Waals surface area contributed by atoms with E-state index in [9.17, 15) is 27.6 Å². The fraction of sp³-hybridized carbons (Fsp3) is 0.350. The average Bonchev–Trinajstić information content (AvgIpc) is 3.18. The van der Waals surface area contributed by atoms with E-state index in [2.05, 4.69) is 19.9 Å². The van der Waals surface area contributed by atoms with Crippen LogP contribution in [-0.2, 0) is 4.79 Å². The highest BCUT2D eigenvalue weighted by Gasteiger charge is 2.34. The number of amides is 1. The maximum Gasteiger partial charge on any atom is 0.405 e. The van der Waals surface area contributed by atoms with Crippen LogP contribution in [0.25, 0.3) is 22.4 Å². The number of aromatic nitrogens is 4. The molecule has 0 aliphatic carbocycles. The van der Waals surface area contributed by atoms with Gasteiger partial charge in [-0.05, 0) is 19.4 Å². The number of nitrogens with zero attached hydrogens (tertiary/aromatic N) is 5. The number of fused-ring (bicyclic) bond motifs is 1. The SMILES string of the molecule is CC[C@@H](C#N)N(c1nc(-c2c[nH]c3ncc(Cl)cc23)ncc1F)[C@H](C)C(=O)NCC(F)(F)F. The Morgan fingerprint density at radius 3 is 2.73 bits per heavy atom. The molecule has 0 aliphatic rings. The van der Waals surface area contributed by atoms with Gasteiger partial charge in [0.05, 0.1) is 17.3 Å². The minimum atomic E-state index is -4.63. The first kappa shape index (κ1) is 24.2. The lowest BCUT2D eigenvalue weighted by Gasteiger charge is -2.33. The van der Waals surface area contributed by atoms with E-state index in [1.807, 2.05) is 6.07 Å². The van der Waals surface area contributed by atoms with Crippen LogP contribution in [0.4, 0.5) is 23.4 Å². The fourth-order valence-corrected chi connectivity index (χ4v) is 3.40. The van der Waals surface area contributed by atoms with Gasteiger partial charge in [0.25, 0.3) is 0 Å². The maximum atomic E-state index is 14.8. The van der Waals surface area contributed by atoms with Gasteiger partial charge in [-0.15, -0.1) is 0 Å². The van der Waals surface area contributed by atoms with Crippen LogP contribution in [0.15, 0.2) is 24.7 Å². The van der Waals surface area contributed by atoms with Crippen LogP contribution in [-0.4, -0.2) is 50.6 Å². The summed E-state index contributed by atoms with van der Waals surface area (Å²) in [5.41, 5.74) is 0.907. The summed E-state index contributed by atoms with van der Waals surface area (Å²) in [6, 6.07) is 1.16. The van der Waals surface area contributed by atoms with Crippen LogP contribution in [0.3, 0.4) is 0 Å². The third-order valence-electron chi connectivity index (χ3n) is 4.84. The van der Waals surface area contributed by atoms with Crippen molar-refractivity contribution in [2.24, 2.45) is 0 Å². The number of pyridine rings is 1. The Bertz CT molecular complexity index is 1210. The Labute approximate surface area is 190 Å². The normalized spacial score (nSPS) is 13.4. The summed E-state index contributed by atoms with van der Waals surface area (Å²) >= 11 is 6.01.